The van der Waals surface area contributed by atoms with E-state index in [2.05, 4.69) is 121 Å². The van der Waals surface area contributed by atoms with Crippen LogP contribution in [0.2, 0.25) is 0 Å². The molecule has 0 bridgehead atoms. The van der Waals surface area contributed by atoms with Crippen molar-refractivity contribution in [1.82, 2.24) is 0 Å². The summed E-state index contributed by atoms with van der Waals surface area (Å²) in [5.74, 6) is 1.16. The first-order valence-corrected chi connectivity index (χ1v) is 21.9. The Kier molecular flexibility index (Phi) is 8.19. The molecule has 0 aliphatic heterocycles. The van der Waals surface area contributed by atoms with Gasteiger partial charge in [-0.2, -0.15) is 0 Å². The van der Waals surface area contributed by atoms with E-state index >= 15 is 0 Å². The van der Waals surface area contributed by atoms with Gasteiger partial charge in [-0.25, -0.2) is 0 Å². The van der Waals surface area contributed by atoms with E-state index in [1.165, 1.54) is 0 Å². The highest BCUT2D eigenvalue weighted by atomic mass is 31.1. The molecule has 10 aromatic carbocycles. The Morgan fingerprint density at radius 1 is 0.267 bits per heavy atom. The lowest BCUT2D eigenvalue weighted by atomic mass is 9.99. The maximum absolute atomic E-state index is 6.81. The molecule has 8 heteroatoms. The number of benzene rings is 10. The third kappa shape index (κ3) is 5.80. The Labute approximate surface area is 344 Å². The summed E-state index contributed by atoms with van der Waals surface area (Å²) < 4.78 is 40.6. The van der Waals surface area contributed by atoms with E-state index in [9.17, 15) is 0 Å². The smallest absolute Gasteiger partial charge is 0.390 e. The fourth-order valence-electron chi connectivity index (χ4n) is 8.47. The lowest BCUT2D eigenvalue weighted by Crippen LogP contribution is -1.89. The molecule has 12 rings (SSSR count). The van der Waals surface area contributed by atoms with Crippen molar-refractivity contribution >= 4 is 103 Å². The number of para-hydroxylation sites is 2. The molecule has 6 nitrogen and oxygen atoms in total. The van der Waals surface area contributed by atoms with E-state index in [-0.39, 0.29) is 0 Å². The first kappa shape index (κ1) is 34.7. The average Bonchev–Trinajstić information content (AvgIpc) is 3.57. The van der Waals surface area contributed by atoms with Crippen LogP contribution in [-0.4, -0.2) is 0 Å². The summed E-state index contributed by atoms with van der Waals surface area (Å²) in [6, 6.07) is 65.6. The molecule has 0 fully saturated rings. The highest BCUT2D eigenvalue weighted by Crippen LogP contribution is 2.47. The van der Waals surface area contributed by atoms with E-state index in [1.54, 1.807) is 0 Å². The normalized spacial score (nSPS) is 11.7. The van der Waals surface area contributed by atoms with Crippen LogP contribution in [0.4, 0.5) is 0 Å². The lowest BCUT2D eigenvalue weighted by molar-refractivity contribution is 0.494. The summed E-state index contributed by atoms with van der Waals surface area (Å²) in [5, 5.41) is 12.7. The topological polar surface area (TPSA) is 71.0 Å². The maximum atomic E-state index is 6.81. The van der Waals surface area contributed by atoms with Gasteiger partial charge in [-0.3, -0.25) is 0 Å². The van der Waals surface area contributed by atoms with E-state index in [1.807, 2.05) is 72.8 Å². The van der Waals surface area contributed by atoms with Crippen LogP contribution in [0.3, 0.4) is 0 Å². The molecule has 0 N–H and O–H groups in total. The molecule has 2 aromatic heterocycles. The first-order valence-electron chi connectivity index (χ1n) is 19.7. The Hall–Kier alpha value is -7.36. The molecule has 0 saturated heterocycles. The molecule has 0 aliphatic carbocycles. The van der Waals surface area contributed by atoms with Gasteiger partial charge in [-0.05, 0) is 79.5 Å². The predicted octanol–water partition coefficient (Wildman–Crippen LogP) is 16.9. The van der Waals surface area contributed by atoms with Crippen molar-refractivity contribution in [2.24, 2.45) is 0 Å². The number of rotatable bonds is 5. The van der Waals surface area contributed by atoms with Gasteiger partial charge in [0.2, 0.25) is 0 Å². The fourth-order valence-corrected chi connectivity index (χ4v) is 10.6. The lowest BCUT2D eigenvalue weighted by Gasteiger charge is -2.12. The zero-order valence-electron chi connectivity index (χ0n) is 31.8. The average molecular weight is 815 g/mol. The standard InChI is InChI=1S/C52H32O6P2/c1-5-17-37-33(13-1)25-29-45-49(37)50-38-18-6-2-14-34(38)26-30-46(50)56-59(55-45)53-43-23-11-9-21-41(43)42-22-10-12-24-44(42)54-60-57-47-31-27-35-15-3-7-19-39(35)51(47)52-40-20-8-4-16-36(40)28-32-48(52)58-60/h1-32H. The molecule has 0 atom stereocenters. The van der Waals surface area contributed by atoms with Crippen LogP contribution >= 0.6 is 16.5 Å². The second-order valence-corrected chi connectivity index (χ2v) is 16.6. The summed E-state index contributed by atoms with van der Waals surface area (Å²) in [4.78, 5) is 0. The molecule has 0 aliphatic rings. The highest BCUT2D eigenvalue weighted by Gasteiger charge is 2.20. The van der Waals surface area contributed by atoms with Gasteiger partial charge in [-0.15, -0.1) is 0 Å². The monoisotopic (exact) mass is 814 g/mol. The molecule has 0 saturated carbocycles. The van der Waals surface area contributed by atoms with Gasteiger partial charge in [-0.1, -0.05) is 158 Å². The first-order chi connectivity index (χ1) is 29.7. The zero-order chi connectivity index (χ0) is 39.6. The molecular formula is C52H32O6P2. The zero-order valence-corrected chi connectivity index (χ0v) is 33.6. The Morgan fingerprint density at radius 2 is 0.533 bits per heavy atom. The van der Waals surface area contributed by atoms with Crippen molar-refractivity contribution in [3.05, 3.63) is 194 Å². The molecular weight excluding hydrogens is 783 g/mol. The summed E-state index contributed by atoms with van der Waals surface area (Å²) in [6.07, 6.45) is 0. The van der Waals surface area contributed by atoms with Gasteiger partial charge < -0.3 is 25.8 Å². The molecule has 0 unspecified atom stereocenters. The number of fused-ring (bicyclic) bond motifs is 14. The highest BCUT2D eigenvalue weighted by molar-refractivity contribution is 7.32. The van der Waals surface area contributed by atoms with Crippen molar-refractivity contribution < 1.29 is 25.8 Å². The van der Waals surface area contributed by atoms with Crippen molar-refractivity contribution in [2.75, 3.05) is 0 Å². The minimum absolute atomic E-state index is 0.579. The van der Waals surface area contributed by atoms with Crippen LogP contribution in [0.15, 0.2) is 211 Å². The largest absolute Gasteiger partial charge is 0.453 e. The molecule has 286 valence electrons. The van der Waals surface area contributed by atoms with Gasteiger partial charge in [0.05, 0.1) is 0 Å². The van der Waals surface area contributed by atoms with Crippen molar-refractivity contribution in [3.63, 3.8) is 0 Å². The van der Waals surface area contributed by atoms with Crippen LogP contribution < -0.4 is 9.05 Å². The molecule has 0 radical (unpaired) electrons. The quantitative estimate of drug-likeness (QED) is 0.172. The van der Waals surface area contributed by atoms with Gasteiger partial charge >= 0.3 is 16.5 Å². The van der Waals surface area contributed by atoms with Gasteiger partial charge in [0.25, 0.3) is 0 Å². The van der Waals surface area contributed by atoms with E-state index in [4.69, 9.17) is 25.8 Å². The summed E-state index contributed by atoms with van der Waals surface area (Å²) in [7, 11) is -3.94. The number of hydrogen-bond acceptors (Lipinski definition) is 6. The molecule has 60 heavy (non-hydrogen) atoms. The summed E-state index contributed by atoms with van der Waals surface area (Å²) in [5.41, 5.74) is 4.38. The van der Waals surface area contributed by atoms with E-state index in [0.717, 1.165) is 75.8 Å². The van der Waals surface area contributed by atoms with Gasteiger partial charge in [0.1, 0.15) is 33.8 Å². The van der Waals surface area contributed by atoms with Crippen LogP contribution in [0.1, 0.15) is 0 Å². The summed E-state index contributed by atoms with van der Waals surface area (Å²) >= 11 is 0. The second-order valence-electron chi connectivity index (χ2n) is 14.6. The van der Waals surface area contributed by atoms with Crippen LogP contribution in [0.5, 0.6) is 11.5 Å². The summed E-state index contributed by atoms with van der Waals surface area (Å²) in [6.45, 7) is 0. The van der Waals surface area contributed by atoms with E-state index < -0.39 is 16.5 Å². The van der Waals surface area contributed by atoms with E-state index in [0.29, 0.717) is 33.8 Å². The Balaban J connectivity index is 1.02. The van der Waals surface area contributed by atoms with Crippen LogP contribution in [0, 0.1) is 0 Å². The molecule has 12 aromatic rings. The Morgan fingerprint density at radius 3 is 0.850 bits per heavy atom. The molecule has 0 spiro atoms. The van der Waals surface area contributed by atoms with Crippen molar-refractivity contribution in [3.8, 4) is 22.6 Å². The minimum Gasteiger partial charge on any atom is -0.390 e. The van der Waals surface area contributed by atoms with Gasteiger partial charge in [0.15, 0.2) is 0 Å². The van der Waals surface area contributed by atoms with Crippen molar-refractivity contribution in [2.45, 2.75) is 0 Å². The van der Waals surface area contributed by atoms with Crippen LogP contribution in [0.25, 0.3) is 98.1 Å². The number of hydrogen-bond donors (Lipinski definition) is 0. The van der Waals surface area contributed by atoms with Crippen LogP contribution in [-0.2, 0) is 0 Å². The fraction of sp³-hybridized carbons (Fsp3) is 0. The maximum Gasteiger partial charge on any atom is 0.453 e. The minimum atomic E-state index is -1.97. The SMILES string of the molecule is c1ccc(-c2ccccc2Op2oc3ccc4ccccc4c3c3c(ccc4ccccc43)o2)c(Op2oc3ccc4ccccc4c3c3c(ccc4ccccc43)o2)c1. The van der Waals surface area contributed by atoms with Gasteiger partial charge in [0, 0.05) is 32.7 Å². The third-order valence-corrected chi connectivity index (χ3v) is 13.2. The molecule has 2 heterocycles. The van der Waals surface area contributed by atoms with Crippen molar-refractivity contribution in [1.29, 1.82) is 0 Å². The molecule has 0 amide bonds. The third-order valence-electron chi connectivity index (χ3n) is 11.2. The second kappa shape index (κ2) is 14.2. The Bertz CT molecular complexity index is 3320. The predicted molar refractivity (Wildman–Crippen MR) is 247 cm³/mol.